The predicted molar refractivity (Wildman–Crippen MR) is 46.3 cm³/mol. The van der Waals surface area contributed by atoms with Gasteiger partial charge in [0.2, 0.25) is 0 Å². The van der Waals surface area contributed by atoms with Crippen LogP contribution in [0.4, 0.5) is 0 Å². The van der Waals surface area contributed by atoms with E-state index in [2.05, 4.69) is 10.9 Å². The van der Waals surface area contributed by atoms with E-state index < -0.39 is 5.97 Å². The number of aromatic nitrogens is 1. The van der Waals surface area contributed by atoms with Crippen LogP contribution < -0.4 is 5.43 Å². The summed E-state index contributed by atoms with van der Waals surface area (Å²) >= 11 is 0. The highest BCUT2D eigenvalue weighted by Gasteiger charge is 1.95. The number of carboxylic acids is 1. The Hall–Kier alpha value is -2.02. The molecule has 1 aromatic heterocycles. The van der Waals surface area contributed by atoms with Crippen molar-refractivity contribution in [1.82, 2.24) is 4.98 Å². The molecule has 0 saturated carbocycles. The first-order valence-electron chi connectivity index (χ1n) is 3.54. The zero-order valence-corrected chi connectivity index (χ0v) is 6.92. The second-order valence-electron chi connectivity index (χ2n) is 2.45. The summed E-state index contributed by atoms with van der Waals surface area (Å²) < 4.78 is 0. The molecule has 0 aliphatic carbocycles. The van der Waals surface area contributed by atoms with Crippen molar-refractivity contribution in [3.8, 4) is 11.8 Å². The minimum atomic E-state index is -1.25. The fraction of sp³-hybridized carbons (Fsp3) is 0.111. The van der Waals surface area contributed by atoms with Crippen LogP contribution in [0.5, 0.6) is 0 Å². The Balaban J connectivity index is 3.13. The smallest absolute Gasteiger partial charge is 0.382 e. The Bertz CT molecular complexity index is 448. The van der Waals surface area contributed by atoms with Gasteiger partial charge in [0.15, 0.2) is 5.43 Å². The molecule has 1 heterocycles. The van der Waals surface area contributed by atoms with E-state index in [-0.39, 0.29) is 11.0 Å². The lowest BCUT2D eigenvalue weighted by atomic mass is 10.2. The molecule has 0 radical (unpaired) electrons. The van der Waals surface area contributed by atoms with E-state index in [0.717, 1.165) is 0 Å². The fourth-order valence-corrected chi connectivity index (χ4v) is 0.792. The van der Waals surface area contributed by atoms with Crippen molar-refractivity contribution in [3.05, 3.63) is 33.7 Å². The first-order valence-corrected chi connectivity index (χ1v) is 3.54. The van der Waals surface area contributed by atoms with Crippen LogP contribution in [0.1, 0.15) is 11.3 Å². The van der Waals surface area contributed by atoms with Crippen molar-refractivity contribution in [2.45, 2.75) is 6.92 Å². The van der Waals surface area contributed by atoms with Crippen LogP contribution in [0.2, 0.25) is 0 Å². The molecule has 0 aromatic carbocycles. The average molecular weight is 177 g/mol. The van der Waals surface area contributed by atoms with Gasteiger partial charge in [-0.25, -0.2) is 4.79 Å². The van der Waals surface area contributed by atoms with Crippen LogP contribution in [0.3, 0.4) is 0 Å². The average Bonchev–Trinajstić information content (AvgIpc) is 2.02. The van der Waals surface area contributed by atoms with E-state index in [9.17, 15) is 9.59 Å². The molecule has 0 bridgehead atoms. The van der Waals surface area contributed by atoms with Crippen LogP contribution in [-0.2, 0) is 4.79 Å². The maximum atomic E-state index is 11.1. The van der Waals surface area contributed by atoms with Crippen molar-refractivity contribution < 1.29 is 9.90 Å². The molecule has 0 unspecified atom stereocenters. The number of carboxylic acid groups (broad SMARTS) is 1. The molecular formula is C9H7NO3. The molecule has 4 heteroatoms. The van der Waals surface area contributed by atoms with E-state index in [1.54, 1.807) is 6.92 Å². The van der Waals surface area contributed by atoms with Crippen molar-refractivity contribution in [3.63, 3.8) is 0 Å². The van der Waals surface area contributed by atoms with Crippen molar-refractivity contribution in [2.24, 2.45) is 0 Å². The second-order valence-corrected chi connectivity index (χ2v) is 2.45. The number of aliphatic carboxylic acids is 1. The molecular weight excluding hydrogens is 170 g/mol. The summed E-state index contributed by atoms with van der Waals surface area (Å²) in [4.78, 5) is 24.0. The number of carbonyl (C=O) groups is 1. The van der Waals surface area contributed by atoms with Crippen LogP contribution in [0, 0.1) is 18.8 Å². The van der Waals surface area contributed by atoms with E-state index in [1.165, 1.54) is 12.3 Å². The minimum Gasteiger partial charge on any atom is -0.472 e. The first-order chi connectivity index (χ1) is 6.09. The number of pyridine rings is 1. The number of rotatable bonds is 0. The summed E-state index contributed by atoms with van der Waals surface area (Å²) in [6, 6.07) is 1.37. The van der Waals surface area contributed by atoms with Gasteiger partial charge in [0.05, 0.1) is 5.56 Å². The SMILES string of the molecule is Cc1cc(=O)c(C#CC(=O)O)c[nH]1. The molecule has 2 N–H and O–H groups in total. The molecule has 1 rings (SSSR count). The van der Waals surface area contributed by atoms with Gasteiger partial charge in [-0.05, 0) is 12.8 Å². The van der Waals surface area contributed by atoms with E-state index >= 15 is 0 Å². The number of H-pyrrole nitrogens is 1. The molecule has 4 nitrogen and oxygen atoms in total. The Morgan fingerprint density at radius 1 is 1.62 bits per heavy atom. The first kappa shape index (κ1) is 9.07. The highest BCUT2D eigenvalue weighted by Crippen LogP contribution is 1.88. The molecule has 0 atom stereocenters. The number of nitrogens with one attached hydrogen (secondary N) is 1. The summed E-state index contributed by atoms with van der Waals surface area (Å²) in [6.07, 6.45) is 1.40. The molecule has 1 aromatic rings. The third-order valence-electron chi connectivity index (χ3n) is 1.36. The van der Waals surface area contributed by atoms with Crippen LogP contribution in [0.25, 0.3) is 0 Å². The topological polar surface area (TPSA) is 70.2 Å². The number of hydrogen-bond donors (Lipinski definition) is 2. The Morgan fingerprint density at radius 2 is 2.31 bits per heavy atom. The van der Waals surface area contributed by atoms with Gasteiger partial charge < -0.3 is 10.1 Å². The van der Waals surface area contributed by atoms with Gasteiger partial charge in [-0.2, -0.15) is 0 Å². The van der Waals surface area contributed by atoms with Gasteiger partial charge in [0.1, 0.15) is 0 Å². The van der Waals surface area contributed by atoms with Crippen molar-refractivity contribution >= 4 is 5.97 Å². The highest BCUT2D eigenvalue weighted by molar-refractivity contribution is 5.87. The maximum absolute atomic E-state index is 11.1. The largest absolute Gasteiger partial charge is 0.472 e. The standard InChI is InChI=1S/C9H7NO3/c1-6-4-8(11)7(5-10-6)2-3-9(12)13/h4-5H,1H3,(H,10,11)(H,12,13). The Labute approximate surface area is 74.2 Å². The molecule has 0 aliphatic heterocycles. The molecule has 0 fully saturated rings. The van der Waals surface area contributed by atoms with Gasteiger partial charge in [0, 0.05) is 23.9 Å². The number of hydrogen-bond acceptors (Lipinski definition) is 2. The number of aromatic amines is 1. The molecule has 66 valence electrons. The van der Waals surface area contributed by atoms with Gasteiger partial charge in [-0.15, -0.1) is 0 Å². The summed E-state index contributed by atoms with van der Waals surface area (Å²) in [5.41, 5.74) is 0.601. The van der Waals surface area contributed by atoms with Crippen LogP contribution >= 0.6 is 0 Å². The van der Waals surface area contributed by atoms with E-state index in [0.29, 0.717) is 5.69 Å². The lowest BCUT2D eigenvalue weighted by Crippen LogP contribution is -2.06. The molecule has 0 aliphatic rings. The second kappa shape index (κ2) is 3.59. The van der Waals surface area contributed by atoms with E-state index in [4.69, 9.17) is 5.11 Å². The third kappa shape index (κ3) is 2.49. The van der Waals surface area contributed by atoms with Crippen LogP contribution in [-0.4, -0.2) is 16.1 Å². The minimum absolute atomic E-state index is 0.160. The summed E-state index contributed by atoms with van der Waals surface area (Å²) in [5, 5.41) is 8.23. The van der Waals surface area contributed by atoms with Crippen LogP contribution in [0.15, 0.2) is 17.1 Å². The monoisotopic (exact) mass is 177 g/mol. The molecule has 0 amide bonds. The zero-order valence-electron chi connectivity index (χ0n) is 6.92. The van der Waals surface area contributed by atoms with Crippen molar-refractivity contribution in [2.75, 3.05) is 0 Å². The summed E-state index contributed by atoms with van der Waals surface area (Å²) in [5.74, 6) is 2.86. The van der Waals surface area contributed by atoms with Gasteiger partial charge in [-0.3, -0.25) is 4.79 Å². The highest BCUT2D eigenvalue weighted by atomic mass is 16.4. The molecule has 0 saturated heterocycles. The normalized spacial score (nSPS) is 8.69. The van der Waals surface area contributed by atoms with Gasteiger partial charge in [0.25, 0.3) is 0 Å². The summed E-state index contributed by atoms with van der Waals surface area (Å²) in [7, 11) is 0. The van der Waals surface area contributed by atoms with Crippen molar-refractivity contribution in [1.29, 1.82) is 0 Å². The summed E-state index contributed by atoms with van der Waals surface area (Å²) in [6.45, 7) is 1.73. The lowest BCUT2D eigenvalue weighted by Gasteiger charge is -1.91. The van der Waals surface area contributed by atoms with Gasteiger partial charge >= 0.3 is 5.97 Å². The predicted octanol–water partition coefficient (Wildman–Crippen LogP) is 0.119. The quantitative estimate of drug-likeness (QED) is 0.553. The Morgan fingerprint density at radius 3 is 2.85 bits per heavy atom. The third-order valence-corrected chi connectivity index (χ3v) is 1.36. The van der Waals surface area contributed by atoms with E-state index in [1.807, 2.05) is 5.92 Å². The lowest BCUT2D eigenvalue weighted by molar-refractivity contribution is -0.130. The molecule has 13 heavy (non-hydrogen) atoms. The Kier molecular flexibility index (Phi) is 2.50. The zero-order chi connectivity index (χ0) is 9.84. The number of aryl methyl sites for hydroxylation is 1. The fourth-order valence-electron chi connectivity index (χ4n) is 0.792. The maximum Gasteiger partial charge on any atom is 0.382 e. The van der Waals surface area contributed by atoms with Gasteiger partial charge in [-0.1, -0.05) is 0 Å². The molecule has 0 spiro atoms.